The Morgan fingerprint density at radius 1 is 0.956 bits per heavy atom. The summed E-state index contributed by atoms with van der Waals surface area (Å²) in [5.41, 5.74) is -1.95. The summed E-state index contributed by atoms with van der Waals surface area (Å²) in [6, 6.07) is 13.2. The van der Waals surface area contributed by atoms with E-state index in [1.807, 2.05) is 13.0 Å². The second-order valence-corrected chi connectivity index (χ2v) is 13.8. The summed E-state index contributed by atoms with van der Waals surface area (Å²) in [4.78, 5) is 41.7. The molecule has 9 heteroatoms. The van der Waals surface area contributed by atoms with Crippen LogP contribution in [-0.2, 0) is 19.0 Å². The zero-order valence-corrected chi connectivity index (χ0v) is 26.7. The van der Waals surface area contributed by atoms with Crippen molar-refractivity contribution in [2.24, 2.45) is 29.1 Å². The van der Waals surface area contributed by atoms with Gasteiger partial charge in [-0.3, -0.25) is 4.79 Å². The van der Waals surface area contributed by atoms with Gasteiger partial charge in [-0.1, -0.05) is 39.0 Å². The van der Waals surface area contributed by atoms with Crippen molar-refractivity contribution in [2.75, 3.05) is 20.8 Å². The van der Waals surface area contributed by atoms with Crippen molar-refractivity contribution in [2.45, 2.75) is 70.4 Å². The molecule has 0 amide bonds. The summed E-state index contributed by atoms with van der Waals surface area (Å²) in [7, 11) is 3.02. The Kier molecular flexibility index (Phi) is 7.85. The van der Waals surface area contributed by atoms with Crippen molar-refractivity contribution in [1.29, 1.82) is 0 Å². The average Bonchev–Trinajstić information content (AvgIpc) is 3.90. The molecule has 1 aliphatic heterocycles. The minimum Gasteiger partial charge on any atom is -0.497 e. The lowest BCUT2D eigenvalue weighted by Crippen LogP contribution is -2.56. The highest BCUT2D eigenvalue weighted by molar-refractivity contribution is 6.02. The van der Waals surface area contributed by atoms with Crippen molar-refractivity contribution in [3.05, 3.63) is 71.3 Å². The Bertz CT molecular complexity index is 1540. The number of hydrogen-bond donors (Lipinski definition) is 1. The van der Waals surface area contributed by atoms with Crippen LogP contribution in [0.3, 0.4) is 0 Å². The molecule has 6 rings (SSSR count). The van der Waals surface area contributed by atoms with Crippen molar-refractivity contribution in [3.63, 3.8) is 0 Å². The van der Waals surface area contributed by atoms with E-state index in [1.54, 1.807) is 55.5 Å². The standard InChI is InChI=1S/C36H42O9/c1-20-15-27-26(34(27,3)4)13-14-35(19-43-35)31(45-33(39)23-10-8-12-25(17-23)42-6)28-29(21(2)18-36(28,40)30(20)37)44-32(38)22-9-7-11-24(16-22)41-5/h7-12,15-17,21,26-29,31,40H,13-14,18-19H2,1-6H3/b20-15+/t21-,26-,27+,28+,29-,31+,35-,36+/m0/s1. The molecule has 8 atom stereocenters. The molecular formula is C36H42O9. The maximum Gasteiger partial charge on any atom is 0.338 e. The highest BCUT2D eigenvalue weighted by Crippen LogP contribution is 2.63. The monoisotopic (exact) mass is 618 g/mol. The Labute approximate surface area is 263 Å². The molecule has 1 saturated heterocycles. The highest BCUT2D eigenvalue weighted by Gasteiger charge is 2.69. The van der Waals surface area contributed by atoms with Crippen LogP contribution in [0.1, 0.15) is 67.7 Å². The normalized spacial score (nSPS) is 36.0. The Morgan fingerprint density at radius 2 is 1.53 bits per heavy atom. The minimum atomic E-state index is -1.98. The third-order valence-electron chi connectivity index (χ3n) is 10.7. The fraction of sp³-hybridized carbons (Fsp3) is 0.528. The third-order valence-corrected chi connectivity index (χ3v) is 10.7. The number of rotatable bonds is 6. The van der Waals surface area contributed by atoms with Crippen LogP contribution in [0.4, 0.5) is 0 Å². The maximum atomic E-state index is 14.3. The number of Topliss-reactive ketones (excluding diaryl/α,β-unsaturated/α-hetero) is 1. The summed E-state index contributed by atoms with van der Waals surface area (Å²) < 4.78 is 29.3. The Balaban J connectivity index is 1.44. The van der Waals surface area contributed by atoms with Gasteiger partial charge in [-0.05, 0) is 91.3 Å². The van der Waals surface area contributed by atoms with Gasteiger partial charge in [-0.15, -0.1) is 0 Å². The van der Waals surface area contributed by atoms with Gasteiger partial charge in [0.1, 0.15) is 34.9 Å². The van der Waals surface area contributed by atoms with Gasteiger partial charge in [0, 0.05) is 0 Å². The van der Waals surface area contributed by atoms with E-state index in [0.717, 1.165) is 6.42 Å². The second kappa shape index (κ2) is 11.3. The van der Waals surface area contributed by atoms with Gasteiger partial charge < -0.3 is 28.8 Å². The van der Waals surface area contributed by atoms with E-state index < -0.39 is 53.0 Å². The molecule has 2 aromatic rings. The average molecular weight is 619 g/mol. The molecule has 2 saturated carbocycles. The number of fused-ring (bicyclic) bond motifs is 2. The molecule has 9 nitrogen and oxygen atoms in total. The number of ketones is 1. The fourth-order valence-corrected chi connectivity index (χ4v) is 7.91. The zero-order valence-electron chi connectivity index (χ0n) is 26.7. The molecule has 0 aromatic heterocycles. The summed E-state index contributed by atoms with van der Waals surface area (Å²) >= 11 is 0. The topological polar surface area (TPSA) is 121 Å². The first-order chi connectivity index (χ1) is 21.3. The predicted octanol–water partition coefficient (Wildman–Crippen LogP) is 5.19. The molecule has 0 bridgehead atoms. The van der Waals surface area contributed by atoms with Gasteiger partial charge in [0.15, 0.2) is 5.78 Å². The number of allylic oxidation sites excluding steroid dienone is 1. The molecule has 0 unspecified atom stereocenters. The van der Waals surface area contributed by atoms with Crippen LogP contribution >= 0.6 is 0 Å². The van der Waals surface area contributed by atoms with Crippen LogP contribution in [0.2, 0.25) is 0 Å². The molecule has 45 heavy (non-hydrogen) atoms. The SMILES string of the molecule is COc1cccc(C(=O)O[C@@H]2[C@@H]3[C@@H](OC(=O)c4cccc(OC)c4)[C@]4(CC[C@H]5[C@@H](/C=C(\C)C(=O)[C@@]3(O)C[C@@H]2C)C5(C)C)CO4)c1. The van der Waals surface area contributed by atoms with Gasteiger partial charge >= 0.3 is 11.9 Å². The molecule has 0 radical (unpaired) electrons. The first-order valence-corrected chi connectivity index (χ1v) is 15.6. The van der Waals surface area contributed by atoms with Crippen molar-refractivity contribution in [3.8, 4) is 11.5 Å². The Hall–Kier alpha value is -3.69. The van der Waals surface area contributed by atoms with E-state index in [0.29, 0.717) is 36.0 Å². The number of epoxide rings is 1. The number of carbonyl (C=O) groups is 3. The van der Waals surface area contributed by atoms with Gasteiger partial charge in [-0.25, -0.2) is 9.59 Å². The van der Waals surface area contributed by atoms with Gasteiger partial charge in [0.2, 0.25) is 0 Å². The number of hydrogen-bond acceptors (Lipinski definition) is 9. The first-order valence-electron chi connectivity index (χ1n) is 15.6. The van der Waals surface area contributed by atoms with Crippen LogP contribution in [0.5, 0.6) is 11.5 Å². The van der Waals surface area contributed by atoms with E-state index in [4.69, 9.17) is 23.7 Å². The lowest BCUT2D eigenvalue weighted by Gasteiger charge is -2.39. The van der Waals surface area contributed by atoms with Gasteiger partial charge in [0.25, 0.3) is 0 Å². The number of esters is 2. The molecule has 2 aromatic carbocycles. The largest absolute Gasteiger partial charge is 0.497 e. The van der Waals surface area contributed by atoms with Crippen LogP contribution < -0.4 is 9.47 Å². The number of ether oxygens (including phenoxy) is 5. The van der Waals surface area contributed by atoms with E-state index >= 15 is 0 Å². The molecule has 1 heterocycles. The van der Waals surface area contributed by atoms with Gasteiger partial charge in [0.05, 0.1) is 37.9 Å². The van der Waals surface area contributed by atoms with Crippen LogP contribution in [0.25, 0.3) is 0 Å². The van der Waals surface area contributed by atoms with Gasteiger partial charge in [-0.2, -0.15) is 0 Å². The van der Waals surface area contributed by atoms with Crippen molar-refractivity contribution >= 4 is 17.7 Å². The Morgan fingerprint density at radius 3 is 2.09 bits per heavy atom. The number of methoxy groups -OCH3 is 2. The highest BCUT2D eigenvalue weighted by atomic mass is 16.6. The molecular weight excluding hydrogens is 576 g/mol. The van der Waals surface area contributed by atoms with Crippen LogP contribution in [0.15, 0.2) is 60.2 Å². The molecule has 1 spiro atoms. The smallest absolute Gasteiger partial charge is 0.338 e. The minimum absolute atomic E-state index is 0.0105. The summed E-state index contributed by atoms with van der Waals surface area (Å²) in [5.74, 6) is -1.78. The molecule has 3 fully saturated rings. The molecule has 1 N–H and O–H groups in total. The quantitative estimate of drug-likeness (QED) is 0.344. The summed E-state index contributed by atoms with van der Waals surface area (Å²) in [5, 5.41) is 12.5. The lowest BCUT2D eigenvalue weighted by molar-refractivity contribution is -0.151. The fourth-order valence-electron chi connectivity index (χ4n) is 7.91. The van der Waals surface area contributed by atoms with Crippen molar-refractivity contribution in [1.82, 2.24) is 0 Å². The first kappa shape index (κ1) is 31.3. The zero-order chi connectivity index (χ0) is 32.3. The number of benzene rings is 2. The summed E-state index contributed by atoms with van der Waals surface area (Å²) in [6.45, 7) is 8.24. The molecule has 3 aliphatic carbocycles. The van der Waals surface area contributed by atoms with Crippen LogP contribution in [-0.4, -0.2) is 67.1 Å². The second-order valence-electron chi connectivity index (χ2n) is 13.8. The predicted molar refractivity (Wildman–Crippen MR) is 164 cm³/mol. The number of carbonyl (C=O) groups excluding carboxylic acids is 3. The van der Waals surface area contributed by atoms with Crippen LogP contribution in [0, 0.1) is 29.1 Å². The van der Waals surface area contributed by atoms with E-state index in [2.05, 4.69) is 13.8 Å². The molecule has 240 valence electrons. The lowest BCUT2D eigenvalue weighted by atomic mass is 9.74. The third kappa shape index (κ3) is 5.44. The van der Waals surface area contributed by atoms with E-state index in [9.17, 15) is 19.5 Å². The van der Waals surface area contributed by atoms with E-state index in [-0.39, 0.29) is 28.9 Å². The van der Waals surface area contributed by atoms with E-state index in [1.165, 1.54) is 14.2 Å². The molecule has 4 aliphatic rings. The number of aliphatic hydroxyl groups is 1. The maximum absolute atomic E-state index is 14.3. The van der Waals surface area contributed by atoms with Crippen molar-refractivity contribution < 1.29 is 43.2 Å². The summed E-state index contributed by atoms with van der Waals surface area (Å²) in [6.07, 6.45) is 1.33.